The highest BCUT2D eigenvalue weighted by molar-refractivity contribution is 5.77. The van der Waals surface area contributed by atoms with E-state index < -0.39 is 11.9 Å². The van der Waals surface area contributed by atoms with Gasteiger partial charge in [0.25, 0.3) is 0 Å². The molecule has 2 rings (SSSR count). The van der Waals surface area contributed by atoms with Gasteiger partial charge in [0, 0.05) is 5.56 Å². The van der Waals surface area contributed by atoms with Gasteiger partial charge in [-0.3, -0.25) is 4.79 Å². The van der Waals surface area contributed by atoms with Gasteiger partial charge in [0.2, 0.25) is 6.79 Å². The van der Waals surface area contributed by atoms with Gasteiger partial charge in [-0.1, -0.05) is 12.1 Å². The third-order valence-electron chi connectivity index (χ3n) is 2.58. The van der Waals surface area contributed by atoms with Crippen LogP contribution in [0, 0.1) is 6.92 Å². The summed E-state index contributed by atoms with van der Waals surface area (Å²) in [7, 11) is 0. The molecule has 1 atom stereocenters. The Morgan fingerprint density at radius 3 is 2.73 bits per heavy atom. The molecule has 4 heteroatoms. The maximum atomic E-state index is 10.9. The minimum atomic E-state index is -0.864. The molecule has 0 fully saturated rings. The van der Waals surface area contributed by atoms with E-state index in [1.54, 1.807) is 13.0 Å². The summed E-state index contributed by atoms with van der Waals surface area (Å²) in [4.78, 5) is 10.9. The Hall–Kier alpha value is -1.71. The number of rotatable bonds is 2. The minimum Gasteiger partial charge on any atom is -0.481 e. The Labute approximate surface area is 87.4 Å². The summed E-state index contributed by atoms with van der Waals surface area (Å²) in [6.45, 7) is 3.71. The second kappa shape index (κ2) is 3.46. The van der Waals surface area contributed by atoms with Crippen LogP contribution in [-0.4, -0.2) is 17.9 Å². The van der Waals surface area contributed by atoms with E-state index in [-0.39, 0.29) is 6.79 Å². The Kier molecular flexibility index (Phi) is 2.26. The van der Waals surface area contributed by atoms with Crippen LogP contribution in [0.1, 0.15) is 24.0 Å². The van der Waals surface area contributed by atoms with Crippen molar-refractivity contribution >= 4 is 5.97 Å². The van der Waals surface area contributed by atoms with Crippen molar-refractivity contribution in [3.63, 3.8) is 0 Å². The summed E-state index contributed by atoms with van der Waals surface area (Å²) in [6, 6.07) is 3.63. The molecule has 0 radical (unpaired) electrons. The summed E-state index contributed by atoms with van der Waals surface area (Å²) >= 11 is 0. The molecule has 0 saturated carbocycles. The maximum Gasteiger partial charge on any atom is 0.310 e. The molecule has 0 aromatic heterocycles. The number of carboxylic acids is 1. The zero-order valence-electron chi connectivity index (χ0n) is 8.61. The Balaban J connectivity index is 2.50. The summed E-state index contributed by atoms with van der Waals surface area (Å²) in [5.41, 5.74) is 1.63. The molecular weight excluding hydrogens is 196 g/mol. The number of benzene rings is 1. The number of aryl methyl sites for hydroxylation is 1. The van der Waals surface area contributed by atoms with E-state index in [0.29, 0.717) is 17.1 Å². The first kappa shape index (κ1) is 9.83. The molecular formula is C11H12O4. The average Bonchev–Trinajstić information content (AvgIpc) is 2.66. The van der Waals surface area contributed by atoms with Crippen LogP contribution in [0.25, 0.3) is 0 Å². The zero-order valence-corrected chi connectivity index (χ0v) is 8.61. The molecule has 0 bridgehead atoms. The standard InChI is InChI=1S/C11H12O4/c1-6-3-4-8(7(2)11(12)13)10-9(6)14-5-15-10/h3-4,7H,5H2,1-2H3,(H,12,13). The molecule has 1 aromatic carbocycles. The summed E-state index contributed by atoms with van der Waals surface area (Å²) in [5, 5.41) is 8.94. The molecule has 0 aliphatic carbocycles. The Morgan fingerprint density at radius 2 is 2.07 bits per heavy atom. The quantitative estimate of drug-likeness (QED) is 0.806. The number of ether oxygens (including phenoxy) is 2. The second-order valence-electron chi connectivity index (χ2n) is 3.60. The summed E-state index contributed by atoms with van der Waals surface area (Å²) in [6.07, 6.45) is 0. The van der Waals surface area contributed by atoms with Crippen LogP contribution in [0.2, 0.25) is 0 Å². The zero-order chi connectivity index (χ0) is 11.0. The number of aliphatic carboxylic acids is 1. The number of hydrogen-bond acceptors (Lipinski definition) is 3. The van der Waals surface area contributed by atoms with Gasteiger partial charge in [-0.05, 0) is 19.4 Å². The molecule has 1 aliphatic heterocycles. The molecule has 1 N–H and O–H groups in total. The van der Waals surface area contributed by atoms with Gasteiger partial charge >= 0.3 is 5.97 Å². The van der Waals surface area contributed by atoms with Crippen LogP contribution in [0.3, 0.4) is 0 Å². The van der Waals surface area contributed by atoms with Crippen molar-refractivity contribution in [3.05, 3.63) is 23.3 Å². The lowest BCUT2D eigenvalue weighted by molar-refractivity contribution is -0.138. The van der Waals surface area contributed by atoms with E-state index in [1.165, 1.54) is 0 Å². The molecule has 1 heterocycles. The van der Waals surface area contributed by atoms with E-state index >= 15 is 0 Å². The van der Waals surface area contributed by atoms with Crippen molar-refractivity contribution in [1.29, 1.82) is 0 Å². The lowest BCUT2D eigenvalue weighted by atomic mass is 9.98. The van der Waals surface area contributed by atoms with E-state index in [9.17, 15) is 4.79 Å². The molecule has 80 valence electrons. The van der Waals surface area contributed by atoms with Gasteiger partial charge in [-0.25, -0.2) is 0 Å². The van der Waals surface area contributed by atoms with Crippen molar-refractivity contribution < 1.29 is 19.4 Å². The first-order chi connectivity index (χ1) is 7.11. The van der Waals surface area contributed by atoms with E-state index in [2.05, 4.69) is 0 Å². The molecule has 1 aliphatic rings. The largest absolute Gasteiger partial charge is 0.481 e. The SMILES string of the molecule is Cc1ccc(C(C)C(=O)O)c2c1OCO2. The Morgan fingerprint density at radius 1 is 1.40 bits per heavy atom. The number of hydrogen-bond donors (Lipinski definition) is 1. The highest BCUT2D eigenvalue weighted by Gasteiger charge is 2.25. The number of carbonyl (C=O) groups is 1. The third kappa shape index (κ3) is 1.52. The topological polar surface area (TPSA) is 55.8 Å². The Bertz CT molecular complexity index is 411. The van der Waals surface area contributed by atoms with Crippen LogP contribution in [0.15, 0.2) is 12.1 Å². The van der Waals surface area contributed by atoms with Crippen molar-refractivity contribution in [2.24, 2.45) is 0 Å². The average molecular weight is 208 g/mol. The maximum absolute atomic E-state index is 10.9. The number of fused-ring (bicyclic) bond motifs is 1. The molecule has 15 heavy (non-hydrogen) atoms. The van der Waals surface area contributed by atoms with Gasteiger partial charge in [0.05, 0.1) is 5.92 Å². The second-order valence-corrected chi connectivity index (χ2v) is 3.60. The van der Waals surface area contributed by atoms with Gasteiger partial charge in [0.1, 0.15) is 0 Å². The van der Waals surface area contributed by atoms with E-state index in [0.717, 1.165) is 5.56 Å². The fourth-order valence-corrected chi connectivity index (χ4v) is 1.63. The van der Waals surface area contributed by atoms with Gasteiger partial charge in [-0.15, -0.1) is 0 Å². The van der Waals surface area contributed by atoms with Crippen molar-refractivity contribution in [1.82, 2.24) is 0 Å². The molecule has 0 amide bonds. The monoisotopic (exact) mass is 208 g/mol. The fraction of sp³-hybridized carbons (Fsp3) is 0.364. The van der Waals surface area contributed by atoms with Crippen LogP contribution in [0.4, 0.5) is 0 Å². The molecule has 1 unspecified atom stereocenters. The lowest BCUT2D eigenvalue weighted by Crippen LogP contribution is -2.08. The van der Waals surface area contributed by atoms with Gasteiger partial charge in [-0.2, -0.15) is 0 Å². The predicted molar refractivity (Wildman–Crippen MR) is 53.4 cm³/mol. The van der Waals surface area contributed by atoms with E-state index in [1.807, 2.05) is 13.0 Å². The van der Waals surface area contributed by atoms with Crippen LogP contribution in [0.5, 0.6) is 11.5 Å². The predicted octanol–water partition coefficient (Wildman–Crippen LogP) is 1.91. The first-order valence-electron chi connectivity index (χ1n) is 4.73. The molecule has 0 saturated heterocycles. The minimum absolute atomic E-state index is 0.166. The van der Waals surface area contributed by atoms with Crippen molar-refractivity contribution in [2.75, 3.05) is 6.79 Å². The van der Waals surface area contributed by atoms with Crippen molar-refractivity contribution in [2.45, 2.75) is 19.8 Å². The van der Waals surface area contributed by atoms with Crippen LogP contribution < -0.4 is 9.47 Å². The van der Waals surface area contributed by atoms with Crippen molar-refractivity contribution in [3.8, 4) is 11.5 Å². The third-order valence-corrected chi connectivity index (χ3v) is 2.58. The fourth-order valence-electron chi connectivity index (χ4n) is 1.63. The van der Waals surface area contributed by atoms with Gasteiger partial charge < -0.3 is 14.6 Å². The highest BCUT2D eigenvalue weighted by atomic mass is 16.7. The smallest absolute Gasteiger partial charge is 0.310 e. The van der Waals surface area contributed by atoms with Crippen LogP contribution in [-0.2, 0) is 4.79 Å². The van der Waals surface area contributed by atoms with E-state index in [4.69, 9.17) is 14.6 Å². The lowest BCUT2D eigenvalue weighted by Gasteiger charge is -2.10. The first-order valence-corrected chi connectivity index (χ1v) is 4.73. The van der Waals surface area contributed by atoms with Gasteiger partial charge in [0.15, 0.2) is 11.5 Å². The highest BCUT2D eigenvalue weighted by Crippen LogP contribution is 2.41. The normalized spacial score (nSPS) is 15.1. The number of carboxylic acid groups (broad SMARTS) is 1. The molecule has 1 aromatic rings. The van der Waals surface area contributed by atoms with Crippen LogP contribution >= 0.6 is 0 Å². The summed E-state index contributed by atoms with van der Waals surface area (Å²) < 4.78 is 10.6. The summed E-state index contributed by atoms with van der Waals surface area (Å²) in [5.74, 6) is -0.205. The molecule has 0 spiro atoms. The molecule has 4 nitrogen and oxygen atoms in total.